The molecule has 1 amide bonds. The molecule has 2 nitrogen and oxygen atoms in total. The third kappa shape index (κ3) is 4.82. The van der Waals surface area contributed by atoms with Gasteiger partial charge >= 0.3 is 0 Å². The standard InChI is InChI=1S/C8H7F2NO.C6H12S/c1-4-6(9)2-5(8(11)12)3-7(4)10;1-7-6-4-2-3-5-6/h2-3H,1H3,(H2,11,12);6H,2-5H2,1H3. The zero-order valence-electron chi connectivity index (χ0n) is 11.2. The molecule has 0 atom stereocenters. The molecular weight excluding hydrogens is 268 g/mol. The lowest BCUT2D eigenvalue weighted by molar-refractivity contribution is 0.0999. The van der Waals surface area contributed by atoms with Crippen molar-refractivity contribution in [3.05, 3.63) is 34.9 Å². The van der Waals surface area contributed by atoms with Gasteiger partial charge in [-0.15, -0.1) is 0 Å². The number of hydrogen-bond donors (Lipinski definition) is 1. The average Bonchev–Trinajstić information content (AvgIpc) is 2.89. The molecule has 0 aromatic heterocycles. The number of halogens is 2. The summed E-state index contributed by atoms with van der Waals surface area (Å²) in [5.74, 6) is -2.36. The van der Waals surface area contributed by atoms with Gasteiger partial charge < -0.3 is 5.73 Å². The monoisotopic (exact) mass is 287 g/mol. The number of carbonyl (C=O) groups is 1. The highest BCUT2D eigenvalue weighted by molar-refractivity contribution is 7.99. The first kappa shape index (κ1) is 16.0. The lowest BCUT2D eigenvalue weighted by Gasteiger charge is -2.00. The van der Waals surface area contributed by atoms with Gasteiger partial charge in [0.1, 0.15) is 11.6 Å². The molecule has 0 spiro atoms. The zero-order valence-corrected chi connectivity index (χ0v) is 12.0. The van der Waals surface area contributed by atoms with E-state index in [2.05, 4.69) is 6.26 Å². The molecule has 0 aliphatic heterocycles. The van der Waals surface area contributed by atoms with Crippen molar-refractivity contribution in [2.75, 3.05) is 6.26 Å². The molecule has 1 saturated carbocycles. The van der Waals surface area contributed by atoms with Crippen LogP contribution in [-0.2, 0) is 0 Å². The van der Waals surface area contributed by atoms with Gasteiger partial charge in [0.2, 0.25) is 5.91 Å². The van der Waals surface area contributed by atoms with Crippen molar-refractivity contribution in [1.29, 1.82) is 0 Å². The maximum Gasteiger partial charge on any atom is 0.248 e. The Morgan fingerprint density at radius 1 is 1.26 bits per heavy atom. The van der Waals surface area contributed by atoms with Crippen LogP contribution in [0.25, 0.3) is 0 Å². The predicted octanol–water partition coefficient (Wildman–Crippen LogP) is 3.66. The molecule has 1 aliphatic carbocycles. The molecule has 2 N–H and O–H groups in total. The van der Waals surface area contributed by atoms with Crippen LogP contribution in [0.5, 0.6) is 0 Å². The Labute approximate surface area is 116 Å². The molecule has 106 valence electrons. The fraction of sp³-hybridized carbons (Fsp3) is 0.500. The van der Waals surface area contributed by atoms with Crippen LogP contribution in [0.2, 0.25) is 0 Å². The molecular formula is C14H19F2NOS. The second kappa shape index (κ2) is 7.48. The molecule has 5 heteroatoms. The van der Waals surface area contributed by atoms with Crippen molar-refractivity contribution in [2.45, 2.75) is 37.9 Å². The summed E-state index contributed by atoms with van der Waals surface area (Å²) >= 11 is 2.03. The van der Waals surface area contributed by atoms with Gasteiger partial charge in [-0.1, -0.05) is 12.8 Å². The topological polar surface area (TPSA) is 43.1 Å². The molecule has 1 aromatic rings. The molecule has 19 heavy (non-hydrogen) atoms. The van der Waals surface area contributed by atoms with Crippen molar-refractivity contribution >= 4 is 17.7 Å². The van der Waals surface area contributed by atoms with E-state index in [1.165, 1.54) is 32.6 Å². The molecule has 0 bridgehead atoms. The Kier molecular flexibility index (Phi) is 6.28. The Balaban J connectivity index is 0.000000218. The van der Waals surface area contributed by atoms with E-state index in [0.717, 1.165) is 17.4 Å². The van der Waals surface area contributed by atoms with Crippen LogP contribution < -0.4 is 5.73 Å². The normalized spacial score (nSPS) is 14.9. The van der Waals surface area contributed by atoms with Crippen molar-refractivity contribution in [3.8, 4) is 0 Å². The highest BCUT2D eigenvalue weighted by atomic mass is 32.2. The van der Waals surface area contributed by atoms with Gasteiger partial charge in [-0.3, -0.25) is 4.79 Å². The summed E-state index contributed by atoms with van der Waals surface area (Å²) < 4.78 is 25.5. The van der Waals surface area contributed by atoms with Gasteiger partial charge in [0.25, 0.3) is 0 Å². The number of primary amides is 1. The molecule has 2 rings (SSSR count). The minimum Gasteiger partial charge on any atom is -0.366 e. The zero-order chi connectivity index (χ0) is 14.4. The molecule has 0 saturated heterocycles. The fourth-order valence-corrected chi connectivity index (χ4v) is 2.72. The van der Waals surface area contributed by atoms with Crippen LogP contribution in [0.1, 0.15) is 41.6 Å². The third-order valence-electron chi connectivity index (χ3n) is 3.20. The first-order chi connectivity index (χ1) is 8.95. The molecule has 1 aromatic carbocycles. The number of nitrogens with two attached hydrogens (primary N) is 1. The van der Waals surface area contributed by atoms with Crippen molar-refractivity contribution in [2.24, 2.45) is 5.73 Å². The van der Waals surface area contributed by atoms with E-state index in [9.17, 15) is 13.6 Å². The van der Waals surface area contributed by atoms with E-state index in [0.29, 0.717) is 0 Å². The van der Waals surface area contributed by atoms with Crippen LogP contribution >= 0.6 is 11.8 Å². The van der Waals surface area contributed by atoms with Gasteiger partial charge in [-0.25, -0.2) is 8.78 Å². The van der Waals surface area contributed by atoms with Crippen LogP contribution in [-0.4, -0.2) is 17.4 Å². The fourth-order valence-electron chi connectivity index (χ4n) is 1.91. The molecule has 0 unspecified atom stereocenters. The number of hydrogen-bond acceptors (Lipinski definition) is 2. The number of amides is 1. The predicted molar refractivity (Wildman–Crippen MR) is 75.4 cm³/mol. The quantitative estimate of drug-likeness (QED) is 0.902. The molecule has 0 heterocycles. The second-order valence-electron chi connectivity index (χ2n) is 4.57. The summed E-state index contributed by atoms with van der Waals surface area (Å²) in [6.07, 6.45) is 8.12. The third-order valence-corrected chi connectivity index (χ3v) is 4.34. The maximum absolute atomic E-state index is 12.8. The average molecular weight is 287 g/mol. The van der Waals surface area contributed by atoms with Gasteiger partial charge in [0.15, 0.2) is 0 Å². The smallest absolute Gasteiger partial charge is 0.248 e. The van der Waals surface area contributed by atoms with E-state index < -0.39 is 17.5 Å². The first-order valence-electron chi connectivity index (χ1n) is 6.24. The van der Waals surface area contributed by atoms with E-state index in [1.807, 2.05) is 11.8 Å². The highest BCUT2D eigenvalue weighted by Gasteiger charge is 2.12. The Morgan fingerprint density at radius 3 is 2.05 bits per heavy atom. The highest BCUT2D eigenvalue weighted by Crippen LogP contribution is 2.26. The second-order valence-corrected chi connectivity index (χ2v) is 5.71. The number of benzene rings is 1. The summed E-state index contributed by atoms with van der Waals surface area (Å²) in [5.41, 5.74) is 4.56. The summed E-state index contributed by atoms with van der Waals surface area (Å²) in [7, 11) is 0. The SMILES string of the molecule is CSC1CCCC1.Cc1c(F)cc(C(N)=O)cc1F. The van der Waals surface area contributed by atoms with E-state index in [4.69, 9.17) is 5.73 Å². The Bertz CT molecular complexity index is 422. The lowest BCUT2D eigenvalue weighted by atomic mass is 10.1. The number of rotatable bonds is 2. The van der Waals surface area contributed by atoms with Gasteiger partial charge in [0.05, 0.1) is 0 Å². The van der Waals surface area contributed by atoms with E-state index >= 15 is 0 Å². The van der Waals surface area contributed by atoms with Gasteiger partial charge in [-0.2, -0.15) is 11.8 Å². The molecule has 1 fully saturated rings. The van der Waals surface area contributed by atoms with Crippen LogP contribution in [0.15, 0.2) is 12.1 Å². The van der Waals surface area contributed by atoms with Crippen molar-refractivity contribution in [1.82, 2.24) is 0 Å². The summed E-state index contributed by atoms with van der Waals surface area (Å²) in [4.78, 5) is 10.5. The first-order valence-corrected chi connectivity index (χ1v) is 7.52. The summed E-state index contributed by atoms with van der Waals surface area (Å²) in [6, 6.07) is 1.83. The largest absolute Gasteiger partial charge is 0.366 e. The Hall–Kier alpha value is -1.10. The van der Waals surface area contributed by atoms with Crippen LogP contribution in [0, 0.1) is 18.6 Å². The minimum absolute atomic E-state index is 0.111. The molecule has 0 radical (unpaired) electrons. The number of carbonyl (C=O) groups excluding carboxylic acids is 1. The van der Waals surface area contributed by atoms with Crippen molar-refractivity contribution in [3.63, 3.8) is 0 Å². The van der Waals surface area contributed by atoms with Gasteiger partial charge in [-0.05, 0) is 38.2 Å². The van der Waals surface area contributed by atoms with Crippen LogP contribution in [0.3, 0.4) is 0 Å². The van der Waals surface area contributed by atoms with E-state index in [-0.39, 0.29) is 11.1 Å². The van der Waals surface area contributed by atoms with E-state index in [1.54, 1.807) is 0 Å². The summed E-state index contributed by atoms with van der Waals surface area (Å²) in [6.45, 7) is 1.29. The van der Waals surface area contributed by atoms with Crippen molar-refractivity contribution < 1.29 is 13.6 Å². The van der Waals surface area contributed by atoms with Gasteiger partial charge in [0, 0.05) is 16.4 Å². The molecule has 1 aliphatic rings. The number of thioether (sulfide) groups is 1. The minimum atomic E-state index is -0.840. The Morgan fingerprint density at radius 2 is 1.74 bits per heavy atom. The maximum atomic E-state index is 12.8. The lowest BCUT2D eigenvalue weighted by Crippen LogP contribution is -2.12. The van der Waals surface area contributed by atoms with Crippen LogP contribution in [0.4, 0.5) is 8.78 Å². The summed E-state index contributed by atoms with van der Waals surface area (Å²) in [5, 5.41) is 1.01.